The van der Waals surface area contributed by atoms with Crippen molar-refractivity contribution in [1.82, 2.24) is 4.98 Å². The Bertz CT molecular complexity index is 1200. The highest BCUT2D eigenvalue weighted by Gasteiger charge is 3.10. The zero-order valence-corrected chi connectivity index (χ0v) is 20.5. The molecule has 11 nitrogen and oxygen atoms in total. The summed E-state index contributed by atoms with van der Waals surface area (Å²) in [6, 6.07) is 2.97. The van der Waals surface area contributed by atoms with Gasteiger partial charge in [-0.1, -0.05) is 19.9 Å². The van der Waals surface area contributed by atoms with Crippen LogP contribution in [0.2, 0.25) is 0 Å². The third-order valence-corrected chi connectivity index (χ3v) is 10.9. The van der Waals surface area contributed by atoms with Gasteiger partial charge in [0, 0.05) is 12.6 Å². The van der Waals surface area contributed by atoms with E-state index in [1.54, 1.807) is 26.8 Å². The van der Waals surface area contributed by atoms with E-state index >= 15 is 0 Å². The molecule has 6 aliphatic rings. The molecule has 5 fully saturated rings. The SMILES string of the molecule is CC1=CC[C@]2(O)[C@]3(CO)C[C@]4(O)O[C@@]2([C@H]1O)[C@]1(O)[C@]3(O)[C@H](OC(=O)c2ccc[nH]2)[C@](O)(C(C)C)[C@]14C. The lowest BCUT2D eigenvalue weighted by Crippen LogP contribution is -2.74. The van der Waals surface area contributed by atoms with E-state index in [1.807, 2.05) is 0 Å². The zero-order valence-electron chi connectivity index (χ0n) is 20.5. The molecule has 3 heterocycles. The maximum absolute atomic E-state index is 13.2. The van der Waals surface area contributed by atoms with Gasteiger partial charge in [-0.25, -0.2) is 4.79 Å². The Hall–Kier alpha value is -1.83. The molecular weight excluding hydrogens is 474 g/mol. The lowest BCUT2D eigenvalue weighted by molar-refractivity contribution is -0.386. The van der Waals surface area contributed by atoms with Gasteiger partial charge in [0.1, 0.15) is 34.2 Å². The van der Waals surface area contributed by atoms with E-state index in [0.717, 1.165) is 0 Å². The quantitative estimate of drug-likeness (QED) is 0.179. The summed E-state index contributed by atoms with van der Waals surface area (Å²) in [4.78, 5) is 15.9. The number of ether oxygens (including phenoxy) is 2. The first-order valence-corrected chi connectivity index (χ1v) is 12.2. The maximum Gasteiger partial charge on any atom is 0.355 e. The summed E-state index contributed by atoms with van der Waals surface area (Å²) >= 11 is 0. The topological polar surface area (TPSA) is 193 Å². The van der Waals surface area contributed by atoms with Gasteiger partial charge in [0.05, 0.1) is 17.4 Å². The van der Waals surface area contributed by atoms with Gasteiger partial charge >= 0.3 is 5.97 Å². The minimum atomic E-state index is -2.79. The van der Waals surface area contributed by atoms with Crippen molar-refractivity contribution < 1.29 is 50.0 Å². The number of rotatable bonds is 4. The first-order valence-electron chi connectivity index (χ1n) is 12.2. The molecule has 198 valence electrons. The van der Waals surface area contributed by atoms with E-state index in [0.29, 0.717) is 5.57 Å². The van der Waals surface area contributed by atoms with Gasteiger partial charge in [-0.05, 0) is 43.9 Å². The number of aromatic nitrogens is 1. The predicted octanol–water partition coefficient (Wildman–Crippen LogP) is -1.30. The van der Waals surface area contributed by atoms with E-state index in [2.05, 4.69) is 4.98 Å². The van der Waals surface area contributed by atoms with Crippen LogP contribution in [0.4, 0.5) is 0 Å². The van der Waals surface area contributed by atoms with Gasteiger partial charge < -0.3 is 50.2 Å². The molecule has 7 rings (SSSR count). The third kappa shape index (κ3) is 1.74. The lowest BCUT2D eigenvalue weighted by atomic mass is 9.52. The fourth-order valence-corrected chi connectivity index (χ4v) is 9.25. The summed E-state index contributed by atoms with van der Waals surface area (Å²) in [6.45, 7) is 5.02. The first kappa shape index (κ1) is 24.5. The maximum atomic E-state index is 13.2. The number of aliphatic hydroxyl groups is 7. The van der Waals surface area contributed by atoms with Gasteiger partial charge in [0.15, 0.2) is 17.5 Å². The number of hydrogen-bond donors (Lipinski definition) is 8. The van der Waals surface area contributed by atoms with Crippen LogP contribution in [0.5, 0.6) is 0 Å². The predicted molar refractivity (Wildman–Crippen MR) is 120 cm³/mol. The highest BCUT2D eigenvalue weighted by atomic mass is 16.7. The van der Waals surface area contributed by atoms with Gasteiger partial charge in [0.2, 0.25) is 0 Å². The molecule has 10 atom stereocenters. The highest BCUT2D eigenvalue weighted by molar-refractivity contribution is 5.87. The summed E-state index contributed by atoms with van der Waals surface area (Å²) in [5.41, 5.74) is -16.7. The Morgan fingerprint density at radius 2 is 1.92 bits per heavy atom. The number of H-pyrrole nitrogens is 1. The molecule has 0 unspecified atom stereocenters. The molecule has 2 aliphatic heterocycles. The molecule has 3 saturated carbocycles. The van der Waals surface area contributed by atoms with Crippen LogP contribution in [-0.4, -0.2) is 99.3 Å². The fourth-order valence-electron chi connectivity index (χ4n) is 9.25. The van der Waals surface area contributed by atoms with E-state index < -0.39 is 81.7 Å². The lowest BCUT2D eigenvalue weighted by Gasteiger charge is -2.60. The fraction of sp³-hybridized carbons (Fsp3) is 0.720. The van der Waals surface area contributed by atoms with Crippen molar-refractivity contribution in [3.05, 3.63) is 35.7 Å². The van der Waals surface area contributed by atoms with Gasteiger partial charge in [-0.15, -0.1) is 0 Å². The summed E-state index contributed by atoms with van der Waals surface area (Å²) < 4.78 is 11.9. The standard InChI is InChI=1S/C25H33NO10/c1-12(2)22(32)17(35-16(29)14-6-5-9-26-14)23(33)19(11-27)10-21(31)18(22,4)25(23,34)24(36-21)15(28)13(3)7-8-20(19,24)30/h5-7,9,12,15,17,26-28,30-34H,8,10-11H2,1-4H3/t15-,17+,18+,19+,20-,21-,22+,23-,24+,25+/m0/s1. The highest BCUT2D eigenvalue weighted by Crippen LogP contribution is 2.90. The van der Waals surface area contributed by atoms with E-state index in [9.17, 15) is 40.5 Å². The number of aromatic amines is 1. The molecule has 11 heteroatoms. The Balaban J connectivity index is 1.72. The third-order valence-electron chi connectivity index (χ3n) is 10.9. The van der Waals surface area contributed by atoms with E-state index in [4.69, 9.17) is 9.47 Å². The summed E-state index contributed by atoms with van der Waals surface area (Å²) in [7, 11) is 0. The largest absolute Gasteiger partial charge is 0.451 e. The number of nitrogens with one attached hydrogen (secondary N) is 1. The minimum Gasteiger partial charge on any atom is -0.451 e. The number of carbonyl (C=O) groups excluding carboxylic acids is 1. The second kappa shape index (κ2) is 6.24. The molecule has 0 radical (unpaired) electrons. The Morgan fingerprint density at radius 1 is 1.25 bits per heavy atom. The van der Waals surface area contributed by atoms with Crippen LogP contribution in [0.15, 0.2) is 30.0 Å². The molecule has 36 heavy (non-hydrogen) atoms. The normalized spacial score (nSPS) is 56.3. The average molecular weight is 508 g/mol. The number of carbonyl (C=O) groups is 1. The minimum absolute atomic E-state index is 0.000602. The monoisotopic (exact) mass is 507 g/mol. The molecule has 0 amide bonds. The average Bonchev–Trinajstić information content (AvgIpc) is 3.45. The van der Waals surface area contributed by atoms with Crippen molar-refractivity contribution in [2.24, 2.45) is 16.7 Å². The summed E-state index contributed by atoms with van der Waals surface area (Å²) in [5.74, 6) is -4.25. The van der Waals surface area contributed by atoms with Crippen LogP contribution in [0.1, 0.15) is 51.0 Å². The number of hydrogen-bond acceptors (Lipinski definition) is 10. The summed E-state index contributed by atoms with van der Waals surface area (Å²) in [6.07, 6.45) is -1.52. The van der Waals surface area contributed by atoms with Gasteiger partial charge in [-0.3, -0.25) is 0 Å². The number of esters is 1. The summed E-state index contributed by atoms with van der Waals surface area (Å²) in [5, 5.41) is 84.7. The van der Waals surface area contributed by atoms with Gasteiger partial charge in [0.25, 0.3) is 0 Å². The number of aliphatic hydroxyl groups excluding tert-OH is 2. The zero-order chi connectivity index (χ0) is 26.5. The van der Waals surface area contributed by atoms with Crippen LogP contribution in [0, 0.1) is 16.7 Å². The molecule has 1 aromatic rings. The van der Waals surface area contributed by atoms with Crippen molar-refractivity contribution in [3.8, 4) is 0 Å². The van der Waals surface area contributed by atoms with Crippen molar-refractivity contribution in [1.29, 1.82) is 0 Å². The van der Waals surface area contributed by atoms with Crippen molar-refractivity contribution in [2.45, 2.75) is 86.5 Å². The van der Waals surface area contributed by atoms with Crippen LogP contribution < -0.4 is 0 Å². The van der Waals surface area contributed by atoms with Crippen LogP contribution in [-0.2, 0) is 9.47 Å². The van der Waals surface area contributed by atoms with Crippen LogP contribution in [0.3, 0.4) is 0 Å². The molecule has 6 bridgehead atoms. The molecule has 4 aliphatic carbocycles. The van der Waals surface area contributed by atoms with E-state index in [-0.39, 0.29) is 12.1 Å². The van der Waals surface area contributed by atoms with Crippen molar-refractivity contribution >= 4 is 5.97 Å². The molecule has 1 aromatic heterocycles. The second-order valence-electron chi connectivity index (χ2n) is 11.9. The Morgan fingerprint density at radius 3 is 2.47 bits per heavy atom. The second-order valence-corrected chi connectivity index (χ2v) is 11.9. The smallest absolute Gasteiger partial charge is 0.355 e. The molecule has 8 N–H and O–H groups in total. The van der Waals surface area contributed by atoms with Crippen molar-refractivity contribution in [2.75, 3.05) is 6.61 Å². The molecule has 1 spiro atoms. The Kier molecular flexibility index (Phi) is 4.25. The Labute approximate surface area is 207 Å². The van der Waals surface area contributed by atoms with Gasteiger partial charge in [-0.2, -0.15) is 0 Å². The molecule has 2 saturated heterocycles. The first-order chi connectivity index (χ1) is 16.6. The molecule has 0 aromatic carbocycles. The van der Waals surface area contributed by atoms with Crippen molar-refractivity contribution in [3.63, 3.8) is 0 Å². The van der Waals surface area contributed by atoms with E-state index in [1.165, 1.54) is 25.3 Å². The van der Waals surface area contributed by atoms with Crippen LogP contribution in [0.25, 0.3) is 0 Å². The van der Waals surface area contributed by atoms with Crippen LogP contribution >= 0.6 is 0 Å². The molecular formula is C25H33NO10.